The third-order valence-corrected chi connectivity index (χ3v) is 6.55. The van der Waals surface area contributed by atoms with Crippen LogP contribution in [-0.2, 0) is 9.73 Å². The molecule has 0 spiro atoms. The van der Waals surface area contributed by atoms with Crippen LogP contribution >= 0.6 is 23.2 Å². The summed E-state index contributed by atoms with van der Waals surface area (Å²) >= 11 is 12.1. The van der Waals surface area contributed by atoms with Crippen molar-refractivity contribution < 1.29 is 9.00 Å². The Morgan fingerprint density at radius 3 is 2.50 bits per heavy atom. The Hall–Kier alpha value is -2.22. The summed E-state index contributed by atoms with van der Waals surface area (Å²) in [7, 11) is -2.94. The number of aromatic nitrogens is 3. The first-order valence-electron chi connectivity index (χ1n) is 8.31. The number of carbonyl (C=O) groups is 1. The molecule has 146 valence electrons. The Bertz CT molecular complexity index is 1210. The molecule has 0 aliphatic carbocycles. The van der Waals surface area contributed by atoms with Gasteiger partial charge >= 0.3 is 5.91 Å². The van der Waals surface area contributed by atoms with E-state index in [9.17, 15) is 9.00 Å². The zero-order valence-electron chi connectivity index (χ0n) is 15.7. The van der Waals surface area contributed by atoms with Crippen molar-refractivity contribution in [1.82, 2.24) is 15.0 Å². The molecule has 0 saturated carbocycles. The number of aryl methyl sites for hydroxylation is 2. The van der Waals surface area contributed by atoms with Gasteiger partial charge in [0.1, 0.15) is 0 Å². The fourth-order valence-corrected chi connectivity index (χ4v) is 4.83. The van der Waals surface area contributed by atoms with Crippen molar-refractivity contribution in [3.63, 3.8) is 0 Å². The highest BCUT2D eigenvalue weighted by atomic mass is 35.5. The molecule has 0 radical (unpaired) electrons. The van der Waals surface area contributed by atoms with Crippen molar-refractivity contribution >= 4 is 38.8 Å². The largest absolute Gasteiger partial charge is 0.307 e. The molecule has 0 saturated heterocycles. The summed E-state index contributed by atoms with van der Waals surface area (Å²) < 4.78 is 18.5. The van der Waals surface area contributed by atoms with E-state index in [2.05, 4.69) is 14.7 Å². The number of rotatable bonds is 3. The highest BCUT2D eigenvalue weighted by Crippen LogP contribution is 2.26. The Morgan fingerprint density at radius 2 is 1.82 bits per heavy atom. The van der Waals surface area contributed by atoms with E-state index in [4.69, 9.17) is 23.2 Å². The average molecular weight is 437 g/mol. The average Bonchev–Trinajstić information content (AvgIpc) is 2.98. The lowest BCUT2D eigenvalue weighted by atomic mass is 10.2. The molecule has 1 heterocycles. The second kappa shape index (κ2) is 7.66. The van der Waals surface area contributed by atoms with Gasteiger partial charge in [0, 0.05) is 11.3 Å². The minimum absolute atomic E-state index is 0.0193. The summed E-state index contributed by atoms with van der Waals surface area (Å²) in [5.41, 5.74) is 2.74. The molecule has 1 aromatic heterocycles. The predicted octanol–water partition coefficient (Wildman–Crippen LogP) is 4.80. The first-order chi connectivity index (χ1) is 13.1. The minimum atomic E-state index is -2.94. The van der Waals surface area contributed by atoms with E-state index in [0.29, 0.717) is 26.3 Å². The summed E-state index contributed by atoms with van der Waals surface area (Å²) in [6.45, 7) is 5.40. The zero-order chi connectivity index (χ0) is 20.6. The molecule has 0 bridgehead atoms. The van der Waals surface area contributed by atoms with Crippen molar-refractivity contribution in [3.05, 3.63) is 69.0 Å². The number of halogens is 2. The molecule has 28 heavy (non-hydrogen) atoms. The van der Waals surface area contributed by atoms with Crippen LogP contribution in [0.4, 0.5) is 0 Å². The molecule has 3 aromatic rings. The molecule has 3 rings (SSSR count). The van der Waals surface area contributed by atoms with E-state index < -0.39 is 15.6 Å². The van der Waals surface area contributed by atoms with Crippen molar-refractivity contribution in [2.75, 3.05) is 6.26 Å². The second-order valence-electron chi connectivity index (χ2n) is 6.50. The Labute approximate surface area is 173 Å². The first kappa shape index (κ1) is 20.5. The molecule has 9 heteroatoms. The van der Waals surface area contributed by atoms with E-state index >= 15 is 0 Å². The summed E-state index contributed by atoms with van der Waals surface area (Å²) in [4.78, 5) is 13.3. The fourth-order valence-electron chi connectivity index (χ4n) is 2.77. The van der Waals surface area contributed by atoms with E-state index in [1.807, 2.05) is 26.0 Å². The van der Waals surface area contributed by atoms with Gasteiger partial charge in [-0.2, -0.15) is 4.36 Å². The standard InChI is InChI=1S/C19H18Cl2N4O2S/c1-11-5-6-12(2)17(9-11)28(4,27)23-19(26)18-13(3)25(24-22-18)16-8-7-14(20)10-15(16)21/h5-10H,1-4H3. The van der Waals surface area contributed by atoms with Crippen LogP contribution in [-0.4, -0.2) is 31.4 Å². The minimum Gasteiger partial charge on any atom is -0.264 e. The van der Waals surface area contributed by atoms with Gasteiger partial charge in [-0.25, -0.2) is 8.89 Å². The topological polar surface area (TPSA) is 77.2 Å². The lowest BCUT2D eigenvalue weighted by Gasteiger charge is -2.09. The van der Waals surface area contributed by atoms with Gasteiger partial charge in [0.25, 0.3) is 0 Å². The molecule has 1 atom stereocenters. The van der Waals surface area contributed by atoms with Crippen LogP contribution in [0.5, 0.6) is 0 Å². The fraction of sp³-hybridized carbons (Fsp3) is 0.211. The van der Waals surface area contributed by atoms with Crippen LogP contribution in [0.3, 0.4) is 0 Å². The van der Waals surface area contributed by atoms with E-state index in [0.717, 1.165) is 11.1 Å². The quantitative estimate of drug-likeness (QED) is 0.590. The van der Waals surface area contributed by atoms with Gasteiger partial charge in [-0.1, -0.05) is 40.5 Å². The SMILES string of the molecule is Cc1ccc(C)c(S(C)(=O)=NC(=O)c2nnn(-c3ccc(Cl)cc3Cl)c2C)c1. The van der Waals surface area contributed by atoms with Gasteiger partial charge in [0.15, 0.2) is 5.69 Å². The van der Waals surface area contributed by atoms with Crippen molar-refractivity contribution in [3.8, 4) is 5.69 Å². The van der Waals surface area contributed by atoms with Gasteiger partial charge < -0.3 is 0 Å². The molecule has 0 N–H and O–H groups in total. The highest BCUT2D eigenvalue weighted by molar-refractivity contribution is 7.93. The van der Waals surface area contributed by atoms with Crippen LogP contribution in [0.1, 0.15) is 27.3 Å². The summed E-state index contributed by atoms with van der Waals surface area (Å²) in [6, 6.07) is 10.5. The Balaban J connectivity index is 2.04. The van der Waals surface area contributed by atoms with E-state index in [1.54, 1.807) is 31.2 Å². The Morgan fingerprint density at radius 1 is 1.11 bits per heavy atom. The normalized spacial score (nSPS) is 13.2. The maximum Gasteiger partial charge on any atom is 0.307 e. The van der Waals surface area contributed by atoms with Gasteiger partial charge in [0.2, 0.25) is 0 Å². The molecular weight excluding hydrogens is 419 g/mol. The van der Waals surface area contributed by atoms with Crippen LogP contribution < -0.4 is 0 Å². The molecule has 2 aromatic carbocycles. The lowest BCUT2D eigenvalue weighted by molar-refractivity contribution is 0.0999. The zero-order valence-corrected chi connectivity index (χ0v) is 18.1. The Kier molecular flexibility index (Phi) is 5.61. The van der Waals surface area contributed by atoms with Crippen molar-refractivity contribution in [2.45, 2.75) is 25.7 Å². The van der Waals surface area contributed by atoms with Gasteiger partial charge in [-0.05, 0) is 56.2 Å². The second-order valence-corrected chi connectivity index (χ2v) is 9.57. The molecule has 0 aliphatic heterocycles. The highest BCUT2D eigenvalue weighted by Gasteiger charge is 2.21. The maximum atomic E-state index is 13.1. The molecule has 0 fully saturated rings. The number of hydrogen-bond acceptors (Lipinski definition) is 4. The molecule has 1 unspecified atom stereocenters. The van der Waals surface area contributed by atoms with Crippen molar-refractivity contribution in [2.24, 2.45) is 4.36 Å². The first-order valence-corrected chi connectivity index (χ1v) is 11.0. The number of hydrogen-bond donors (Lipinski definition) is 0. The summed E-state index contributed by atoms with van der Waals surface area (Å²) in [6.07, 6.45) is 1.45. The third-order valence-electron chi connectivity index (χ3n) is 4.24. The third kappa shape index (κ3) is 3.97. The number of carbonyl (C=O) groups excluding carboxylic acids is 1. The van der Waals surface area contributed by atoms with E-state index in [-0.39, 0.29) is 5.69 Å². The van der Waals surface area contributed by atoms with Gasteiger partial charge in [-0.3, -0.25) is 4.79 Å². The van der Waals surface area contributed by atoms with Crippen LogP contribution in [0.15, 0.2) is 45.7 Å². The number of benzene rings is 2. The van der Waals surface area contributed by atoms with Crippen molar-refractivity contribution in [1.29, 1.82) is 0 Å². The number of amides is 1. The van der Waals surface area contributed by atoms with Gasteiger partial charge in [0.05, 0.1) is 31.0 Å². The smallest absolute Gasteiger partial charge is 0.264 e. The molecular formula is C19H18Cl2N4O2S. The van der Waals surface area contributed by atoms with Crippen LogP contribution in [0.25, 0.3) is 5.69 Å². The number of nitrogens with zero attached hydrogens (tertiary/aromatic N) is 4. The lowest BCUT2D eigenvalue weighted by Crippen LogP contribution is -2.08. The monoisotopic (exact) mass is 436 g/mol. The molecule has 1 amide bonds. The summed E-state index contributed by atoms with van der Waals surface area (Å²) in [5.74, 6) is -0.692. The molecule has 0 aliphatic rings. The van der Waals surface area contributed by atoms with Gasteiger partial charge in [-0.15, -0.1) is 5.10 Å². The molecule has 6 nitrogen and oxygen atoms in total. The van der Waals surface area contributed by atoms with Crippen LogP contribution in [0.2, 0.25) is 10.0 Å². The maximum absolute atomic E-state index is 13.1. The summed E-state index contributed by atoms with van der Waals surface area (Å²) in [5, 5.41) is 8.77. The van der Waals surface area contributed by atoms with Crippen LogP contribution in [0, 0.1) is 20.8 Å². The predicted molar refractivity (Wildman–Crippen MR) is 111 cm³/mol. The van der Waals surface area contributed by atoms with E-state index in [1.165, 1.54) is 10.9 Å².